The largest absolute Gasteiger partial charge is 0.477 e. The summed E-state index contributed by atoms with van der Waals surface area (Å²) < 4.78 is 43.0. The van der Waals surface area contributed by atoms with Crippen molar-refractivity contribution < 1.29 is 42.2 Å². The Labute approximate surface area is 181 Å². The number of amides is 3. The number of carbonyl (C=O) groups excluding carboxylic acids is 3. The average molecular weight is 459 g/mol. The third-order valence-electron chi connectivity index (χ3n) is 5.28. The van der Waals surface area contributed by atoms with E-state index in [1.54, 1.807) is 20.8 Å². The van der Waals surface area contributed by atoms with E-state index >= 15 is 0 Å². The number of carboxylic acid groups (broad SMARTS) is 1. The molecule has 0 aromatic heterocycles. The second kappa shape index (κ2) is 8.14. The first-order valence-corrected chi connectivity index (χ1v) is 10.0. The molecule has 0 aromatic rings. The minimum absolute atomic E-state index is 0.0471. The molecular formula is C20H24F3N3O6. The topological polar surface area (TPSA) is 116 Å². The van der Waals surface area contributed by atoms with Crippen molar-refractivity contribution in [2.45, 2.75) is 63.9 Å². The number of allylic oxidation sites excluding steroid dienone is 2. The van der Waals surface area contributed by atoms with Crippen LogP contribution in [0.15, 0.2) is 22.9 Å². The van der Waals surface area contributed by atoms with Gasteiger partial charge in [-0.25, -0.2) is 9.59 Å². The van der Waals surface area contributed by atoms with Crippen LogP contribution in [0.4, 0.5) is 18.0 Å². The molecule has 0 radical (unpaired) electrons. The lowest BCUT2D eigenvalue weighted by atomic mass is 9.83. The highest BCUT2D eigenvalue weighted by atomic mass is 19.4. The number of rotatable bonds is 4. The van der Waals surface area contributed by atoms with Crippen LogP contribution in [0.5, 0.6) is 0 Å². The quantitative estimate of drug-likeness (QED) is 0.490. The highest BCUT2D eigenvalue weighted by Gasteiger charge is 2.53. The van der Waals surface area contributed by atoms with Crippen molar-refractivity contribution in [3.05, 3.63) is 22.9 Å². The van der Waals surface area contributed by atoms with Crippen LogP contribution in [-0.4, -0.2) is 75.7 Å². The lowest BCUT2D eigenvalue weighted by Crippen LogP contribution is -2.71. The summed E-state index contributed by atoms with van der Waals surface area (Å²) in [6, 6.07) is -1.53. The van der Waals surface area contributed by atoms with Crippen molar-refractivity contribution in [1.82, 2.24) is 15.1 Å². The first-order chi connectivity index (χ1) is 14.7. The molecule has 0 saturated carbocycles. The summed E-state index contributed by atoms with van der Waals surface area (Å²) in [7, 11) is 0. The van der Waals surface area contributed by atoms with E-state index in [1.807, 2.05) is 0 Å². The van der Waals surface area contributed by atoms with Gasteiger partial charge in [-0.15, -0.1) is 0 Å². The van der Waals surface area contributed by atoms with Crippen molar-refractivity contribution in [3.63, 3.8) is 0 Å². The second-order valence-electron chi connectivity index (χ2n) is 8.88. The van der Waals surface area contributed by atoms with Gasteiger partial charge in [0.1, 0.15) is 23.9 Å². The van der Waals surface area contributed by atoms with E-state index in [0.29, 0.717) is 11.3 Å². The summed E-state index contributed by atoms with van der Waals surface area (Å²) in [4.78, 5) is 50.5. The standard InChI is InChI=1S/C20H24F3N3O6/c1-19(2,3)32-18(31)24-13-12-5-4-10(14(17(29)30)26(12)16(13)28)8-11-6-7-25(15(11)27)9-20(21,22)23/h8,12-13H,4-7,9H2,1-3H3,(H,24,31)(H,29,30)/b11-8+/t12-,13+/m1/s1. The van der Waals surface area contributed by atoms with Crippen LogP contribution in [-0.2, 0) is 19.1 Å². The normalized spacial score (nSPS) is 25.1. The number of carboxylic acids is 1. The number of nitrogens with one attached hydrogen (secondary N) is 1. The average Bonchev–Trinajstić information content (AvgIpc) is 2.96. The Hall–Kier alpha value is -3.05. The smallest absolute Gasteiger partial charge is 0.408 e. The number of carbonyl (C=O) groups is 4. The number of alkyl halides is 3. The zero-order chi connectivity index (χ0) is 24.0. The molecule has 0 aromatic carbocycles. The summed E-state index contributed by atoms with van der Waals surface area (Å²) in [6.07, 6.45) is -3.52. The minimum Gasteiger partial charge on any atom is -0.477 e. The number of halogens is 3. The fraction of sp³-hybridized carbons (Fsp3) is 0.600. The Bertz CT molecular complexity index is 919. The van der Waals surface area contributed by atoms with Crippen LogP contribution >= 0.6 is 0 Å². The van der Waals surface area contributed by atoms with Gasteiger partial charge in [0.2, 0.25) is 5.91 Å². The highest BCUT2D eigenvalue weighted by Crippen LogP contribution is 2.38. The van der Waals surface area contributed by atoms with Gasteiger partial charge in [-0.1, -0.05) is 0 Å². The number of aliphatic carboxylic acids is 1. The van der Waals surface area contributed by atoms with E-state index in [-0.39, 0.29) is 36.2 Å². The molecule has 2 fully saturated rings. The van der Waals surface area contributed by atoms with Crippen molar-refractivity contribution in [3.8, 4) is 0 Å². The summed E-state index contributed by atoms with van der Waals surface area (Å²) >= 11 is 0. The number of nitrogens with zero attached hydrogens (tertiary/aromatic N) is 2. The number of hydrogen-bond acceptors (Lipinski definition) is 5. The maximum atomic E-state index is 12.6. The predicted octanol–water partition coefficient (Wildman–Crippen LogP) is 1.94. The Balaban J connectivity index is 1.78. The molecule has 0 unspecified atom stereocenters. The molecule has 0 aliphatic carbocycles. The van der Waals surface area contributed by atoms with Crippen LogP contribution in [0, 0.1) is 0 Å². The van der Waals surface area contributed by atoms with Gasteiger partial charge in [-0.2, -0.15) is 13.2 Å². The third kappa shape index (κ3) is 4.89. The SMILES string of the molecule is CC(C)(C)OC(=O)N[C@@H]1C(=O)N2C(C(=O)O)=C(/C=C3\CCN(CC(F)(F)F)C3=O)CC[C@H]12. The fourth-order valence-electron chi connectivity index (χ4n) is 4.04. The van der Waals surface area contributed by atoms with Crippen LogP contribution < -0.4 is 5.32 Å². The molecule has 176 valence electrons. The van der Waals surface area contributed by atoms with E-state index in [9.17, 15) is 37.5 Å². The maximum Gasteiger partial charge on any atom is 0.408 e. The number of alkyl carbamates (subject to hydrolysis) is 1. The summed E-state index contributed by atoms with van der Waals surface area (Å²) in [5, 5.41) is 12.1. The number of fused-ring (bicyclic) bond motifs is 1. The predicted molar refractivity (Wildman–Crippen MR) is 103 cm³/mol. The molecule has 9 nitrogen and oxygen atoms in total. The van der Waals surface area contributed by atoms with Crippen LogP contribution in [0.25, 0.3) is 0 Å². The molecule has 32 heavy (non-hydrogen) atoms. The summed E-state index contributed by atoms with van der Waals surface area (Å²) in [5.74, 6) is -2.84. The zero-order valence-electron chi connectivity index (χ0n) is 17.8. The lowest BCUT2D eigenvalue weighted by Gasteiger charge is -2.49. The van der Waals surface area contributed by atoms with Crippen molar-refractivity contribution in [2.75, 3.05) is 13.1 Å². The molecule has 0 spiro atoms. The summed E-state index contributed by atoms with van der Waals surface area (Å²) in [5.41, 5.74) is -0.849. The molecular weight excluding hydrogens is 435 g/mol. The van der Waals surface area contributed by atoms with Gasteiger partial charge in [0, 0.05) is 12.1 Å². The molecule has 3 heterocycles. The lowest BCUT2D eigenvalue weighted by molar-refractivity contribution is -0.156. The van der Waals surface area contributed by atoms with E-state index < -0.39 is 54.3 Å². The Morgan fingerprint density at radius 2 is 1.88 bits per heavy atom. The van der Waals surface area contributed by atoms with Crippen LogP contribution in [0.3, 0.4) is 0 Å². The zero-order valence-corrected chi connectivity index (χ0v) is 17.8. The number of hydrogen-bond donors (Lipinski definition) is 2. The van der Waals surface area contributed by atoms with E-state index in [1.165, 1.54) is 6.08 Å². The minimum atomic E-state index is -4.53. The molecule has 12 heteroatoms. The summed E-state index contributed by atoms with van der Waals surface area (Å²) in [6.45, 7) is 3.49. The van der Waals surface area contributed by atoms with Gasteiger partial charge in [-0.3, -0.25) is 14.5 Å². The molecule has 3 amide bonds. The number of ether oxygens (including phenoxy) is 1. The van der Waals surface area contributed by atoms with E-state index in [2.05, 4.69) is 5.32 Å². The first-order valence-electron chi connectivity index (χ1n) is 10.0. The molecule has 3 rings (SSSR count). The maximum absolute atomic E-state index is 12.6. The molecule has 3 aliphatic heterocycles. The van der Waals surface area contributed by atoms with E-state index in [0.717, 1.165) is 4.90 Å². The molecule has 2 N–H and O–H groups in total. The van der Waals surface area contributed by atoms with Crippen molar-refractivity contribution >= 4 is 23.9 Å². The molecule has 2 saturated heterocycles. The van der Waals surface area contributed by atoms with Gasteiger partial charge in [0.15, 0.2) is 0 Å². The molecule has 3 aliphatic rings. The van der Waals surface area contributed by atoms with Crippen LogP contribution in [0.2, 0.25) is 0 Å². The Morgan fingerprint density at radius 3 is 2.44 bits per heavy atom. The monoisotopic (exact) mass is 459 g/mol. The number of β-lactam (4-membered cyclic amide) rings is 1. The second-order valence-corrected chi connectivity index (χ2v) is 8.88. The van der Waals surface area contributed by atoms with Crippen LogP contribution in [0.1, 0.15) is 40.0 Å². The van der Waals surface area contributed by atoms with E-state index in [4.69, 9.17) is 4.74 Å². The molecule has 0 bridgehead atoms. The van der Waals surface area contributed by atoms with Gasteiger partial charge < -0.3 is 20.1 Å². The van der Waals surface area contributed by atoms with Crippen molar-refractivity contribution in [1.29, 1.82) is 0 Å². The third-order valence-corrected chi connectivity index (χ3v) is 5.28. The first kappa shape index (κ1) is 23.6. The van der Waals surface area contributed by atoms with Gasteiger partial charge in [0.25, 0.3) is 5.91 Å². The highest BCUT2D eigenvalue weighted by molar-refractivity contribution is 6.02. The Morgan fingerprint density at radius 1 is 1.22 bits per heavy atom. The fourth-order valence-corrected chi connectivity index (χ4v) is 4.04. The molecule has 2 atom stereocenters. The van der Waals surface area contributed by atoms with Crippen molar-refractivity contribution in [2.24, 2.45) is 0 Å². The number of likely N-dealkylation sites (tertiary alicyclic amines) is 1. The van der Waals surface area contributed by atoms with Gasteiger partial charge in [-0.05, 0) is 51.7 Å². The Kier molecular flexibility index (Phi) is 6.00. The van der Waals surface area contributed by atoms with Gasteiger partial charge >= 0.3 is 18.2 Å². The van der Waals surface area contributed by atoms with Gasteiger partial charge in [0.05, 0.1) is 6.04 Å².